The van der Waals surface area contributed by atoms with Crippen LogP contribution in [-0.4, -0.2) is 18.5 Å². The average molecular weight is 268 g/mol. The van der Waals surface area contributed by atoms with Gasteiger partial charge in [-0.3, -0.25) is 4.79 Å². The van der Waals surface area contributed by atoms with E-state index in [0.29, 0.717) is 24.4 Å². The van der Waals surface area contributed by atoms with Crippen molar-refractivity contribution in [3.8, 4) is 0 Å². The smallest absolute Gasteiger partial charge is 0.224 e. The van der Waals surface area contributed by atoms with E-state index in [2.05, 4.69) is 39.9 Å². The molecule has 1 aliphatic rings. The summed E-state index contributed by atoms with van der Waals surface area (Å²) in [7, 11) is 0. The van der Waals surface area contributed by atoms with E-state index < -0.39 is 0 Å². The van der Waals surface area contributed by atoms with Gasteiger partial charge in [-0.25, -0.2) is 0 Å². The van der Waals surface area contributed by atoms with Gasteiger partial charge in [0.1, 0.15) is 0 Å². The molecule has 3 N–H and O–H groups in total. The highest BCUT2D eigenvalue weighted by Crippen LogP contribution is 2.29. The molecule has 0 aromatic rings. The molecule has 0 aromatic heterocycles. The molecule has 0 radical (unpaired) electrons. The molecule has 3 heteroatoms. The highest BCUT2D eigenvalue weighted by Gasteiger charge is 2.29. The molecule has 3 atom stereocenters. The largest absolute Gasteiger partial charge is 0.353 e. The summed E-state index contributed by atoms with van der Waals surface area (Å²) in [6.45, 7) is 11.5. The lowest BCUT2D eigenvalue weighted by molar-refractivity contribution is -0.126. The fourth-order valence-electron chi connectivity index (χ4n) is 3.41. The minimum atomic E-state index is -0.0486. The fraction of sp³-hybridized carbons (Fsp3) is 0.938. The standard InChI is InChI=1S/C16H32N2O/c1-11-6-12(2)8-14(7-11)18-15(19)13(10-17)9-16(3,4)5/h11-14H,6-10,17H2,1-5H3,(H,18,19). The maximum absolute atomic E-state index is 12.3. The van der Waals surface area contributed by atoms with Crippen LogP contribution in [0.4, 0.5) is 0 Å². The maximum atomic E-state index is 12.3. The van der Waals surface area contributed by atoms with Crippen LogP contribution in [0, 0.1) is 23.2 Å². The molecular weight excluding hydrogens is 236 g/mol. The van der Waals surface area contributed by atoms with Crippen LogP contribution in [0.25, 0.3) is 0 Å². The van der Waals surface area contributed by atoms with Crippen molar-refractivity contribution in [3.05, 3.63) is 0 Å². The van der Waals surface area contributed by atoms with Gasteiger partial charge in [0.2, 0.25) is 5.91 Å². The molecule has 112 valence electrons. The van der Waals surface area contributed by atoms with Gasteiger partial charge in [-0.1, -0.05) is 34.6 Å². The van der Waals surface area contributed by atoms with E-state index >= 15 is 0 Å². The lowest BCUT2D eigenvalue weighted by atomic mass is 9.79. The Morgan fingerprint density at radius 1 is 1.21 bits per heavy atom. The maximum Gasteiger partial charge on any atom is 0.224 e. The molecule has 0 spiro atoms. The first-order chi connectivity index (χ1) is 8.71. The molecule has 1 fully saturated rings. The van der Waals surface area contributed by atoms with E-state index in [4.69, 9.17) is 5.73 Å². The van der Waals surface area contributed by atoms with Crippen molar-refractivity contribution in [1.29, 1.82) is 0 Å². The van der Waals surface area contributed by atoms with Crippen molar-refractivity contribution in [1.82, 2.24) is 5.32 Å². The molecule has 0 heterocycles. The summed E-state index contributed by atoms with van der Waals surface area (Å²) < 4.78 is 0. The zero-order valence-corrected chi connectivity index (χ0v) is 13.3. The SMILES string of the molecule is CC1CC(C)CC(NC(=O)C(CN)CC(C)(C)C)C1. The lowest BCUT2D eigenvalue weighted by Crippen LogP contribution is -2.45. The van der Waals surface area contributed by atoms with E-state index in [0.717, 1.165) is 19.3 Å². The monoisotopic (exact) mass is 268 g/mol. The Balaban J connectivity index is 2.52. The number of carbonyl (C=O) groups excluding carboxylic acids is 1. The zero-order valence-electron chi connectivity index (χ0n) is 13.3. The van der Waals surface area contributed by atoms with E-state index in [-0.39, 0.29) is 17.2 Å². The first-order valence-corrected chi connectivity index (χ1v) is 7.71. The number of carbonyl (C=O) groups is 1. The summed E-state index contributed by atoms with van der Waals surface area (Å²) in [5.74, 6) is 1.54. The normalized spacial score (nSPS) is 29.9. The quantitative estimate of drug-likeness (QED) is 0.823. The highest BCUT2D eigenvalue weighted by atomic mass is 16.1. The second kappa shape index (κ2) is 6.74. The van der Waals surface area contributed by atoms with E-state index in [1.165, 1.54) is 6.42 Å². The van der Waals surface area contributed by atoms with Gasteiger partial charge >= 0.3 is 0 Å². The summed E-state index contributed by atoms with van der Waals surface area (Å²) >= 11 is 0. The summed E-state index contributed by atoms with van der Waals surface area (Å²) in [5.41, 5.74) is 5.93. The third kappa shape index (κ3) is 5.94. The van der Waals surface area contributed by atoms with Crippen LogP contribution in [0.5, 0.6) is 0 Å². The van der Waals surface area contributed by atoms with Crippen molar-refractivity contribution >= 4 is 5.91 Å². The summed E-state index contributed by atoms with van der Waals surface area (Å²) in [4.78, 5) is 12.3. The first kappa shape index (κ1) is 16.5. The molecule has 1 amide bonds. The molecular formula is C16H32N2O. The van der Waals surface area contributed by atoms with Gasteiger partial charge in [-0.2, -0.15) is 0 Å². The molecule has 1 rings (SSSR count). The topological polar surface area (TPSA) is 55.1 Å². The zero-order chi connectivity index (χ0) is 14.6. The van der Waals surface area contributed by atoms with Crippen LogP contribution >= 0.6 is 0 Å². The summed E-state index contributed by atoms with van der Waals surface area (Å²) in [6, 6.07) is 0.347. The van der Waals surface area contributed by atoms with Crippen molar-refractivity contribution < 1.29 is 4.79 Å². The van der Waals surface area contributed by atoms with Crippen molar-refractivity contribution in [2.75, 3.05) is 6.54 Å². The van der Waals surface area contributed by atoms with Gasteiger partial charge in [0.15, 0.2) is 0 Å². The molecule has 1 aliphatic carbocycles. The third-order valence-corrected chi connectivity index (χ3v) is 4.04. The number of hydrogen-bond acceptors (Lipinski definition) is 2. The van der Waals surface area contributed by atoms with Crippen LogP contribution in [0.3, 0.4) is 0 Å². The fourth-order valence-corrected chi connectivity index (χ4v) is 3.41. The molecule has 3 nitrogen and oxygen atoms in total. The molecule has 0 aliphatic heterocycles. The second-order valence-corrected chi connectivity index (χ2v) is 7.82. The molecule has 1 saturated carbocycles. The van der Waals surface area contributed by atoms with Gasteiger partial charge < -0.3 is 11.1 Å². The van der Waals surface area contributed by atoms with Gasteiger partial charge in [0.05, 0.1) is 5.92 Å². The highest BCUT2D eigenvalue weighted by molar-refractivity contribution is 5.79. The molecule has 19 heavy (non-hydrogen) atoms. The average Bonchev–Trinajstić information content (AvgIpc) is 2.22. The number of amides is 1. The van der Waals surface area contributed by atoms with E-state index in [1.807, 2.05) is 0 Å². The second-order valence-electron chi connectivity index (χ2n) is 7.82. The molecule has 0 saturated heterocycles. The Morgan fingerprint density at radius 2 is 1.74 bits per heavy atom. The predicted octanol–water partition coefficient (Wildman–Crippen LogP) is 2.94. The third-order valence-electron chi connectivity index (χ3n) is 4.04. The minimum Gasteiger partial charge on any atom is -0.353 e. The Morgan fingerprint density at radius 3 is 2.16 bits per heavy atom. The predicted molar refractivity (Wildman–Crippen MR) is 80.7 cm³/mol. The van der Waals surface area contributed by atoms with E-state index in [1.54, 1.807) is 0 Å². The van der Waals surface area contributed by atoms with Crippen molar-refractivity contribution in [2.45, 2.75) is 66.3 Å². The van der Waals surface area contributed by atoms with Gasteiger partial charge in [-0.15, -0.1) is 0 Å². The number of nitrogens with one attached hydrogen (secondary N) is 1. The van der Waals surface area contributed by atoms with Crippen LogP contribution in [0.2, 0.25) is 0 Å². The van der Waals surface area contributed by atoms with Gasteiger partial charge in [0, 0.05) is 12.6 Å². The van der Waals surface area contributed by atoms with Crippen molar-refractivity contribution in [3.63, 3.8) is 0 Å². The Kier molecular flexibility index (Phi) is 5.84. The Bertz CT molecular complexity index is 286. The summed E-state index contributed by atoms with van der Waals surface area (Å²) in [6.07, 6.45) is 4.37. The van der Waals surface area contributed by atoms with Crippen LogP contribution < -0.4 is 11.1 Å². The van der Waals surface area contributed by atoms with Crippen LogP contribution in [-0.2, 0) is 4.79 Å². The number of hydrogen-bond donors (Lipinski definition) is 2. The van der Waals surface area contributed by atoms with E-state index in [9.17, 15) is 4.79 Å². The molecule has 3 unspecified atom stereocenters. The molecule has 0 bridgehead atoms. The first-order valence-electron chi connectivity index (χ1n) is 7.71. The number of nitrogens with two attached hydrogens (primary N) is 1. The minimum absolute atomic E-state index is 0.0486. The van der Waals surface area contributed by atoms with Crippen LogP contribution in [0.15, 0.2) is 0 Å². The Hall–Kier alpha value is -0.570. The number of rotatable bonds is 4. The lowest BCUT2D eigenvalue weighted by Gasteiger charge is -2.33. The molecule has 0 aromatic carbocycles. The van der Waals surface area contributed by atoms with Crippen molar-refractivity contribution in [2.24, 2.45) is 28.9 Å². The van der Waals surface area contributed by atoms with Gasteiger partial charge in [-0.05, 0) is 42.9 Å². The Labute approximate surface area is 118 Å². The van der Waals surface area contributed by atoms with Crippen LogP contribution in [0.1, 0.15) is 60.3 Å². The summed E-state index contributed by atoms with van der Waals surface area (Å²) in [5, 5.41) is 3.23. The van der Waals surface area contributed by atoms with Gasteiger partial charge in [0.25, 0.3) is 0 Å².